The molecular weight excluding hydrogens is 272 g/mol. The molecule has 0 aliphatic heterocycles. The van der Waals surface area contributed by atoms with Crippen molar-refractivity contribution >= 4 is 46.6 Å². The molecule has 4 nitrogen and oxygen atoms in total. The van der Waals surface area contributed by atoms with Crippen LogP contribution in [0.3, 0.4) is 0 Å². The second-order valence-corrected chi connectivity index (χ2v) is 5.06. The molecule has 1 aromatic rings. The van der Waals surface area contributed by atoms with Crippen molar-refractivity contribution in [3.8, 4) is 0 Å². The van der Waals surface area contributed by atoms with Crippen LogP contribution >= 0.6 is 23.4 Å². The number of anilines is 2. The van der Waals surface area contributed by atoms with E-state index in [1.807, 2.05) is 6.26 Å². The Bertz CT molecular complexity index is 452. The number of carbonyl (C=O) groups excluding carboxylic acids is 2. The van der Waals surface area contributed by atoms with Crippen molar-refractivity contribution in [1.29, 1.82) is 0 Å². The van der Waals surface area contributed by atoms with E-state index in [1.165, 1.54) is 6.92 Å². The quantitative estimate of drug-likeness (QED) is 0.875. The first-order chi connectivity index (χ1) is 8.52. The fourth-order valence-electron chi connectivity index (χ4n) is 1.30. The Morgan fingerprint density at radius 3 is 2.61 bits per heavy atom. The Morgan fingerprint density at radius 1 is 1.33 bits per heavy atom. The predicted molar refractivity (Wildman–Crippen MR) is 77.4 cm³/mol. The molecule has 98 valence electrons. The fraction of sp³-hybridized carbons (Fsp3) is 0.333. The molecule has 1 rings (SSSR count). The lowest BCUT2D eigenvalue weighted by Crippen LogP contribution is -2.12. The van der Waals surface area contributed by atoms with Crippen LogP contribution in [0.15, 0.2) is 18.2 Å². The normalized spacial score (nSPS) is 9.94. The first-order valence-electron chi connectivity index (χ1n) is 5.39. The number of amides is 2. The van der Waals surface area contributed by atoms with Gasteiger partial charge in [-0.05, 0) is 24.5 Å². The maximum atomic E-state index is 11.5. The summed E-state index contributed by atoms with van der Waals surface area (Å²) in [5, 5.41) is 5.75. The summed E-state index contributed by atoms with van der Waals surface area (Å²) in [5.74, 6) is 0.546. The molecule has 2 amide bonds. The summed E-state index contributed by atoms with van der Waals surface area (Å²) in [6.45, 7) is 1.41. The molecule has 0 bridgehead atoms. The van der Waals surface area contributed by atoms with Gasteiger partial charge in [0.15, 0.2) is 0 Å². The van der Waals surface area contributed by atoms with Gasteiger partial charge in [-0.1, -0.05) is 11.6 Å². The predicted octanol–water partition coefficient (Wildman–Crippen LogP) is 2.99. The summed E-state index contributed by atoms with van der Waals surface area (Å²) in [7, 11) is 0. The Kier molecular flexibility index (Phi) is 6.01. The first kappa shape index (κ1) is 14.9. The van der Waals surface area contributed by atoms with Gasteiger partial charge >= 0.3 is 0 Å². The Hall–Kier alpha value is -1.20. The van der Waals surface area contributed by atoms with Crippen molar-refractivity contribution in [3.05, 3.63) is 23.2 Å². The SMILES string of the molecule is CSCCC(=O)Nc1ccc(NC(C)=O)c(Cl)c1. The van der Waals surface area contributed by atoms with Crippen LogP contribution in [0.4, 0.5) is 11.4 Å². The molecule has 1 aromatic carbocycles. The molecular formula is C12H15ClN2O2S. The van der Waals surface area contributed by atoms with Crippen molar-refractivity contribution < 1.29 is 9.59 Å². The highest BCUT2D eigenvalue weighted by Gasteiger charge is 2.06. The largest absolute Gasteiger partial charge is 0.326 e. The van der Waals surface area contributed by atoms with E-state index in [9.17, 15) is 9.59 Å². The molecule has 6 heteroatoms. The molecule has 0 saturated carbocycles. The average Bonchev–Trinajstić information content (AvgIpc) is 2.29. The van der Waals surface area contributed by atoms with Crippen LogP contribution < -0.4 is 10.6 Å². The van der Waals surface area contributed by atoms with Crippen molar-refractivity contribution in [2.45, 2.75) is 13.3 Å². The monoisotopic (exact) mass is 286 g/mol. The summed E-state index contributed by atoms with van der Waals surface area (Å²) < 4.78 is 0. The van der Waals surface area contributed by atoms with E-state index in [0.717, 1.165) is 5.75 Å². The molecule has 2 N–H and O–H groups in total. The number of halogens is 1. The summed E-state index contributed by atoms with van der Waals surface area (Å²) in [6.07, 6.45) is 2.42. The second kappa shape index (κ2) is 7.28. The molecule has 0 saturated heterocycles. The average molecular weight is 287 g/mol. The number of rotatable bonds is 5. The zero-order valence-electron chi connectivity index (χ0n) is 10.2. The van der Waals surface area contributed by atoms with E-state index in [1.54, 1.807) is 30.0 Å². The number of benzene rings is 1. The first-order valence-corrected chi connectivity index (χ1v) is 7.16. The van der Waals surface area contributed by atoms with Crippen LogP contribution in [0.2, 0.25) is 5.02 Å². The van der Waals surface area contributed by atoms with Gasteiger partial charge in [-0.3, -0.25) is 9.59 Å². The van der Waals surface area contributed by atoms with Gasteiger partial charge < -0.3 is 10.6 Å². The van der Waals surface area contributed by atoms with Crippen molar-refractivity contribution in [2.24, 2.45) is 0 Å². The summed E-state index contributed by atoms with van der Waals surface area (Å²) in [6, 6.07) is 4.98. The molecule has 0 fully saturated rings. The number of thioether (sulfide) groups is 1. The fourth-order valence-corrected chi connectivity index (χ4v) is 1.92. The number of hydrogen-bond donors (Lipinski definition) is 2. The van der Waals surface area contributed by atoms with Gasteiger partial charge in [-0.15, -0.1) is 0 Å². The van der Waals surface area contributed by atoms with Crippen molar-refractivity contribution in [2.75, 3.05) is 22.6 Å². The smallest absolute Gasteiger partial charge is 0.225 e. The van der Waals surface area contributed by atoms with Crippen LogP contribution in [-0.2, 0) is 9.59 Å². The van der Waals surface area contributed by atoms with Crippen LogP contribution in [0, 0.1) is 0 Å². The Balaban J connectivity index is 2.66. The van der Waals surface area contributed by atoms with Gasteiger partial charge in [0, 0.05) is 24.8 Å². The molecule has 0 aliphatic rings. The highest BCUT2D eigenvalue weighted by atomic mass is 35.5. The van der Waals surface area contributed by atoms with Gasteiger partial charge in [-0.2, -0.15) is 11.8 Å². The lowest BCUT2D eigenvalue weighted by molar-refractivity contribution is -0.116. The van der Waals surface area contributed by atoms with Gasteiger partial charge in [0.05, 0.1) is 10.7 Å². The van der Waals surface area contributed by atoms with Gasteiger partial charge in [0.1, 0.15) is 0 Å². The molecule has 0 spiro atoms. The minimum atomic E-state index is -0.186. The van der Waals surface area contributed by atoms with E-state index in [0.29, 0.717) is 22.8 Å². The number of nitrogens with one attached hydrogen (secondary N) is 2. The third kappa shape index (κ3) is 4.98. The Labute approximate surface area is 115 Å². The number of hydrogen-bond acceptors (Lipinski definition) is 3. The molecule has 0 heterocycles. The summed E-state index contributed by atoms with van der Waals surface area (Å²) in [4.78, 5) is 22.4. The molecule has 0 aromatic heterocycles. The van der Waals surface area contributed by atoms with Crippen LogP contribution in [0.1, 0.15) is 13.3 Å². The van der Waals surface area contributed by atoms with E-state index in [4.69, 9.17) is 11.6 Å². The van der Waals surface area contributed by atoms with Crippen LogP contribution in [0.5, 0.6) is 0 Å². The van der Waals surface area contributed by atoms with E-state index < -0.39 is 0 Å². The maximum absolute atomic E-state index is 11.5. The molecule has 0 atom stereocenters. The van der Waals surface area contributed by atoms with Gasteiger partial charge in [0.25, 0.3) is 0 Å². The minimum Gasteiger partial charge on any atom is -0.326 e. The standard InChI is InChI=1S/C12H15ClN2O2S/c1-8(16)14-11-4-3-9(7-10(11)13)15-12(17)5-6-18-2/h3-4,7H,5-6H2,1-2H3,(H,14,16)(H,15,17). The second-order valence-electron chi connectivity index (χ2n) is 3.67. The zero-order valence-corrected chi connectivity index (χ0v) is 11.8. The zero-order chi connectivity index (χ0) is 13.5. The van der Waals surface area contributed by atoms with Gasteiger partial charge in [-0.25, -0.2) is 0 Å². The molecule has 0 radical (unpaired) electrons. The molecule has 18 heavy (non-hydrogen) atoms. The maximum Gasteiger partial charge on any atom is 0.225 e. The Morgan fingerprint density at radius 2 is 2.06 bits per heavy atom. The van der Waals surface area contributed by atoms with Crippen LogP contribution in [-0.4, -0.2) is 23.8 Å². The topological polar surface area (TPSA) is 58.2 Å². The number of carbonyl (C=O) groups is 2. The lowest BCUT2D eigenvalue weighted by atomic mass is 10.2. The molecule has 0 aliphatic carbocycles. The molecule has 0 unspecified atom stereocenters. The summed E-state index contributed by atoms with van der Waals surface area (Å²) >= 11 is 7.61. The van der Waals surface area contributed by atoms with E-state index in [2.05, 4.69) is 10.6 Å². The third-order valence-electron chi connectivity index (χ3n) is 2.10. The van der Waals surface area contributed by atoms with E-state index >= 15 is 0 Å². The summed E-state index contributed by atoms with van der Waals surface area (Å²) in [5.41, 5.74) is 1.16. The van der Waals surface area contributed by atoms with Gasteiger partial charge in [0.2, 0.25) is 11.8 Å². The van der Waals surface area contributed by atoms with Crippen molar-refractivity contribution in [3.63, 3.8) is 0 Å². The lowest BCUT2D eigenvalue weighted by Gasteiger charge is -2.08. The third-order valence-corrected chi connectivity index (χ3v) is 3.02. The highest BCUT2D eigenvalue weighted by Crippen LogP contribution is 2.25. The van der Waals surface area contributed by atoms with Crippen molar-refractivity contribution in [1.82, 2.24) is 0 Å². The van der Waals surface area contributed by atoms with Crippen LogP contribution in [0.25, 0.3) is 0 Å². The minimum absolute atomic E-state index is 0.0484. The highest BCUT2D eigenvalue weighted by molar-refractivity contribution is 7.98. The van der Waals surface area contributed by atoms with E-state index in [-0.39, 0.29) is 11.8 Å².